The van der Waals surface area contributed by atoms with Crippen LogP contribution in [0.4, 0.5) is 0 Å². The van der Waals surface area contributed by atoms with Gasteiger partial charge in [0.15, 0.2) is 18.4 Å². The number of aliphatic hydroxyl groups excluding tert-OH is 4. The Morgan fingerprint density at radius 1 is 0.920 bits per heavy atom. The molecule has 2 saturated heterocycles. The van der Waals surface area contributed by atoms with Crippen LogP contribution in [0.1, 0.15) is 79.3 Å². The smallest absolute Gasteiger partial charge is 0.308 e. The molecule has 6 rings (SSSR count). The van der Waals surface area contributed by atoms with E-state index in [1.165, 1.54) is 31.8 Å². The normalized spacial score (nSPS) is 34.6. The lowest BCUT2D eigenvalue weighted by atomic mass is 9.79. The highest BCUT2D eigenvalue weighted by atomic mass is 32.1. The average molecular weight is 1070 g/mol. The number of aromatic nitrogens is 5. The zero-order valence-corrected chi connectivity index (χ0v) is 45.3. The van der Waals surface area contributed by atoms with Crippen LogP contribution in [0.5, 0.6) is 5.75 Å². The molecule has 5 heterocycles. The van der Waals surface area contributed by atoms with Gasteiger partial charge in [-0.1, -0.05) is 48.2 Å². The minimum absolute atomic E-state index is 0.0101. The van der Waals surface area contributed by atoms with Crippen LogP contribution in [0.25, 0.3) is 11.3 Å². The highest BCUT2D eigenvalue weighted by Gasteiger charge is 2.48. The van der Waals surface area contributed by atoms with Crippen molar-refractivity contribution in [3.63, 3.8) is 0 Å². The van der Waals surface area contributed by atoms with Crippen molar-refractivity contribution < 1.29 is 72.7 Å². The summed E-state index contributed by atoms with van der Waals surface area (Å²) >= 11 is 1.30. The lowest BCUT2D eigenvalue weighted by Gasteiger charge is -2.47. The van der Waals surface area contributed by atoms with Crippen molar-refractivity contribution in [3.8, 4) is 17.0 Å². The summed E-state index contributed by atoms with van der Waals surface area (Å²) < 4.78 is 53.9. The molecule has 0 bridgehead atoms. The number of carbonyl (C=O) groups is 3. The van der Waals surface area contributed by atoms with E-state index < -0.39 is 116 Å². The van der Waals surface area contributed by atoms with Gasteiger partial charge in [-0.25, -0.2) is 0 Å². The van der Waals surface area contributed by atoms with Gasteiger partial charge in [-0.2, -0.15) is 0 Å². The van der Waals surface area contributed by atoms with Gasteiger partial charge in [0.1, 0.15) is 48.2 Å². The average Bonchev–Trinajstić information content (AvgIpc) is 4.11. The van der Waals surface area contributed by atoms with Crippen molar-refractivity contribution in [2.24, 2.45) is 23.7 Å². The van der Waals surface area contributed by atoms with E-state index in [-0.39, 0.29) is 25.2 Å². The molecular formula is C53H78N6O15S. The maximum absolute atomic E-state index is 13.8. The first kappa shape index (κ1) is 59.8. The Kier molecular flexibility index (Phi) is 23.0. The van der Waals surface area contributed by atoms with Gasteiger partial charge in [-0.15, -0.1) is 10.2 Å². The number of aldehydes is 1. The summed E-state index contributed by atoms with van der Waals surface area (Å²) in [5, 5.41) is 60.7. The number of cyclic esters (lactones) is 1. The molecule has 2 fully saturated rings. The zero-order valence-electron chi connectivity index (χ0n) is 44.5. The second-order valence-electron chi connectivity index (χ2n) is 20.1. The molecule has 22 heteroatoms. The van der Waals surface area contributed by atoms with Gasteiger partial charge in [-0.05, 0) is 88.5 Å². The summed E-state index contributed by atoms with van der Waals surface area (Å²) in [6.07, 6.45) is -3.24. The number of hydrogen-bond acceptors (Lipinski definition) is 21. The largest absolute Gasteiger partial charge is 0.494 e. The van der Waals surface area contributed by atoms with Crippen LogP contribution in [-0.4, -0.2) is 189 Å². The maximum atomic E-state index is 13.8. The van der Waals surface area contributed by atoms with Crippen LogP contribution in [0.15, 0.2) is 59.6 Å². The van der Waals surface area contributed by atoms with Crippen molar-refractivity contribution in [1.29, 1.82) is 0 Å². The number of aliphatic hydroxyl groups is 4. The number of ketones is 1. The van der Waals surface area contributed by atoms with Crippen LogP contribution in [0.3, 0.4) is 0 Å². The fourth-order valence-electron chi connectivity index (χ4n) is 10.1. The fourth-order valence-corrected chi connectivity index (χ4v) is 10.6. The SMILES string of the molecule is CC[C@H]1OC(=O)C[C@@H](O)[C@H](C)[C@@H](OC2OC(C)C(O)C(N(C)CCc3cn(CCCOc4ccc(-c5csnn5)cc4)nn3)C2O)[C@@H](CC=O)C[C@@H](C)C(=O)/C=C/C(C)=C/[C@@H]1COC1O[C@H](C)C(O)C(OC)C1OC. The van der Waals surface area contributed by atoms with Crippen LogP contribution >= 0.6 is 11.5 Å². The van der Waals surface area contributed by atoms with E-state index in [9.17, 15) is 34.8 Å². The van der Waals surface area contributed by atoms with E-state index in [2.05, 4.69) is 19.9 Å². The van der Waals surface area contributed by atoms with Crippen LogP contribution < -0.4 is 4.74 Å². The summed E-state index contributed by atoms with van der Waals surface area (Å²) in [6.45, 7) is 11.9. The predicted octanol–water partition coefficient (Wildman–Crippen LogP) is 3.75. The number of likely N-dealkylation sites (N-methyl/N-ethyl adjacent to an activating group) is 1. The molecule has 21 nitrogen and oxygen atoms in total. The number of rotatable bonds is 20. The highest BCUT2D eigenvalue weighted by molar-refractivity contribution is 7.03. The summed E-state index contributed by atoms with van der Waals surface area (Å²) in [5.74, 6) is -2.88. The topological polar surface area (TPSA) is 266 Å². The molecule has 0 amide bonds. The van der Waals surface area contributed by atoms with E-state index in [1.807, 2.05) is 60.7 Å². The van der Waals surface area contributed by atoms with E-state index in [0.717, 1.165) is 23.3 Å². The molecule has 416 valence electrons. The lowest BCUT2D eigenvalue weighted by Crippen LogP contribution is -2.64. The zero-order chi connectivity index (χ0) is 54.3. The van der Waals surface area contributed by atoms with Crippen molar-refractivity contribution in [2.75, 3.05) is 41.0 Å². The Bertz CT molecular complexity index is 2290. The van der Waals surface area contributed by atoms with E-state index in [0.29, 0.717) is 50.2 Å². The van der Waals surface area contributed by atoms with Gasteiger partial charge < -0.3 is 63.1 Å². The number of esters is 1. The van der Waals surface area contributed by atoms with Gasteiger partial charge in [0.05, 0.1) is 61.9 Å². The summed E-state index contributed by atoms with van der Waals surface area (Å²) in [6, 6.07) is 6.80. The summed E-state index contributed by atoms with van der Waals surface area (Å²) in [7, 11) is 4.70. The van der Waals surface area contributed by atoms with E-state index >= 15 is 0 Å². The molecule has 9 unspecified atom stereocenters. The Morgan fingerprint density at radius 2 is 1.64 bits per heavy atom. The first-order valence-corrected chi connectivity index (χ1v) is 26.8. The van der Waals surface area contributed by atoms with Gasteiger partial charge >= 0.3 is 5.97 Å². The van der Waals surface area contributed by atoms with Gasteiger partial charge in [0.25, 0.3) is 0 Å². The van der Waals surface area contributed by atoms with E-state index in [4.69, 9.17) is 37.9 Å². The molecule has 4 N–H and O–H groups in total. The van der Waals surface area contributed by atoms with Gasteiger partial charge in [-0.3, -0.25) is 19.2 Å². The maximum Gasteiger partial charge on any atom is 0.308 e. The molecule has 0 saturated carbocycles. The Balaban J connectivity index is 1.11. The van der Waals surface area contributed by atoms with Crippen molar-refractivity contribution in [2.45, 2.75) is 166 Å². The Labute approximate surface area is 443 Å². The number of nitrogens with zero attached hydrogens (tertiary/aromatic N) is 6. The third-order valence-corrected chi connectivity index (χ3v) is 15.1. The number of carbonyl (C=O) groups excluding carboxylic acids is 3. The number of methoxy groups -OCH3 is 2. The lowest BCUT2D eigenvalue weighted by molar-refractivity contribution is -0.305. The first-order chi connectivity index (χ1) is 36.0. The summed E-state index contributed by atoms with van der Waals surface area (Å²) in [5.41, 5.74) is 3.18. The molecule has 1 aromatic carbocycles. The third-order valence-electron chi connectivity index (χ3n) is 14.6. The number of hydrogen-bond donors (Lipinski definition) is 4. The van der Waals surface area contributed by atoms with Crippen molar-refractivity contribution in [3.05, 3.63) is 65.3 Å². The van der Waals surface area contributed by atoms with E-state index in [1.54, 1.807) is 45.5 Å². The highest BCUT2D eigenvalue weighted by Crippen LogP contribution is 2.35. The molecule has 0 spiro atoms. The quantitative estimate of drug-likeness (QED) is 0.0713. The molecule has 2 aromatic heterocycles. The molecule has 3 aliphatic heterocycles. The predicted molar refractivity (Wildman–Crippen MR) is 274 cm³/mol. The third kappa shape index (κ3) is 16.1. The molecule has 3 aliphatic rings. The Morgan fingerprint density at radius 3 is 2.32 bits per heavy atom. The van der Waals surface area contributed by atoms with Crippen molar-refractivity contribution >= 4 is 29.6 Å². The number of allylic oxidation sites excluding steroid dienone is 3. The molecule has 75 heavy (non-hydrogen) atoms. The monoisotopic (exact) mass is 1070 g/mol. The molecule has 17 atom stereocenters. The molecule has 0 aliphatic carbocycles. The number of ether oxygens (including phenoxy) is 8. The number of aryl methyl sites for hydroxylation is 1. The minimum atomic E-state index is -1.42. The second kappa shape index (κ2) is 28.8. The minimum Gasteiger partial charge on any atom is -0.494 e. The van der Waals surface area contributed by atoms with Gasteiger partial charge in [0, 0.05) is 81.5 Å². The molecule has 3 aromatic rings. The second-order valence-corrected chi connectivity index (χ2v) is 20.7. The van der Waals surface area contributed by atoms with Crippen LogP contribution in [-0.2, 0) is 60.5 Å². The standard InChI is InChI=1S/C53H78N6O15S/c1-10-43-37(28-70-53-51(68-9)50(67-8)47(65)34(6)72-53)24-30(2)12-17-41(61)31(3)25-36(19-22-60)49(32(4)42(62)26-44(63)73-43)74-52-48(66)45(46(64)33(5)71-52)58(7)21-18-38-27-59(56-54-38)20-11-23-69-39-15-13-35(14-16-39)40-29-75-57-55-40/h12-17,22,24,27,29,31-34,36-37,42-43,45-53,62,64-66H,10-11,18-21,23,25-26,28H2,1-9H3/b17-12+,30-24+/t31-,32+,33?,34-,36+,37-,42-,43-,45?,46?,47?,48?,49-,50?,51?,52?,53?/m1/s1. The first-order valence-electron chi connectivity index (χ1n) is 25.9. The Hall–Kier alpha value is -4.43. The fraction of sp³-hybridized carbons (Fsp3) is 0.679. The molecular weight excluding hydrogens is 993 g/mol. The van der Waals surface area contributed by atoms with Crippen LogP contribution in [0.2, 0.25) is 0 Å². The van der Waals surface area contributed by atoms with Crippen molar-refractivity contribution in [1.82, 2.24) is 29.5 Å². The van der Waals surface area contributed by atoms with Crippen LogP contribution in [0, 0.1) is 23.7 Å². The number of benzene rings is 1. The summed E-state index contributed by atoms with van der Waals surface area (Å²) in [4.78, 5) is 41.8. The molecule has 0 radical (unpaired) electrons. The van der Waals surface area contributed by atoms with Gasteiger partial charge in [0.2, 0.25) is 0 Å².